The minimum atomic E-state index is -0.217. The van der Waals surface area contributed by atoms with E-state index >= 15 is 0 Å². The van der Waals surface area contributed by atoms with Gasteiger partial charge in [-0.15, -0.1) is 28.7 Å². The number of unbranched alkanes of at least 4 members (excludes halogenated alkanes) is 13. The van der Waals surface area contributed by atoms with E-state index in [4.69, 9.17) is 21.1 Å². The number of hydrogen-bond donors (Lipinski definition) is 1. The summed E-state index contributed by atoms with van der Waals surface area (Å²) in [7, 11) is 0. The van der Waals surface area contributed by atoms with Crippen molar-refractivity contribution >= 4 is 51.9 Å². The molecule has 2 aromatic rings. The highest BCUT2D eigenvalue weighted by atomic mass is 79.9. The van der Waals surface area contributed by atoms with E-state index in [0.29, 0.717) is 23.1 Å². The molecule has 0 atom stereocenters. The molecule has 0 saturated heterocycles. The van der Waals surface area contributed by atoms with E-state index < -0.39 is 0 Å². The van der Waals surface area contributed by atoms with Crippen molar-refractivity contribution in [3.63, 3.8) is 0 Å². The van der Waals surface area contributed by atoms with Gasteiger partial charge in [0.2, 0.25) is 0 Å². The standard InChI is InChI=1S/C34H49ClN2O3S.BrH/c1-2-3-4-5-6-7-8-9-10-11-12-13-14-15-23-39-33-21-20-31(25-32(33)35)40-27-34(38)36-30-18-16-29(17-19-30)26-37-22-24-41-28-37;/h16-22,24-25H,2-15,23,26-28H2,1H3,(H,36,38);1H. The van der Waals surface area contributed by atoms with E-state index in [0.717, 1.165) is 24.5 Å². The van der Waals surface area contributed by atoms with E-state index in [1.807, 2.05) is 30.3 Å². The van der Waals surface area contributed by atoms with Gasteiger partial charge in [0.1, 0.15) is 11.5 Å². The summed E-state index contributed by atoms with van der Waals surface area (Å²) >= 11 is 8.19. The summed E-state index contributed by atoms with van der Waals surface area (Å²) < 4.78 is 11.5. The quantitative estimate of drug-likeness (QED) is 0.125. The summed E-state index contributed by atoms with van der Waals surface area (Å²) in [5, 5.41) is 5.47. The van der Waals surface area contributed by atoms with Crippen molar-refractivity contribution in [3.05, 3.63) is 64.7 Å². The first-order valence-corrected chi connectivity index (χ1v) is 17.0. The van der Waals surface area contributed by atoms with Gasteiger partial charge in [-0.2, -0.15) is 0 Å². The summed E-state index contributed by atoms with van der Waals surface area (Å²) in [5.41, 5.74) is 1.95. The zero-order valence-corrected chi connectivity index (χ0v) is 28.6. The number of nitrogens with zero attached hydrogens (tertiary/aromatic N) is 1. The Bertz CT molecular complexity index is 1040. The van der Waals surface area contributed by atoms with Crippen LogP contribution >= 0.6 is 40.3 Å². The number of ether oxygens (including phenoxy) is 2. The lowest BCUT2D eigenvalue weighted by Crippen LogP contribution is -2.20. The van der Waals surface area contributed by atoms with Gasteiger partial charge in [0.25, 0.3) is 5.91 Å². The predicted octanol–water partition coefficient (Wildman–Crippen LogP) is 10.8. The number of amides is 1. The summed E-state index contributed by atoms with van der Waals surface area (Å²) in [5.74, 6) is 1.96. The molecule has 0 unspecified atom stereocenters. The Labute approximate surface area is 273 Å². The maximum absolute atomic E-state index is 12.4. The zero-order valence-electron chi connectivity index (χ0n) is 25.3. The summed E-state index contributed by atoms with van der Waals surface area (Å²) in [6.07, 6.45) is 20.8. The third kappa shape index (κ3) is 15.6. The molecule has 0 radical (unpaired) electrons. The molecule has 234 valence electrons. The maximum Gasteiger partial charge on any atom is 0.262 e. The van der Waals surface area contributed by atoms with E-state index in [2.05, 4.69) is 28.7 Å². The molecule has 8 heteroatoms. The smallest absolute Gasteiger partial charge is 0.262 e. The van der Waals surface area contributed by atoms with Gasteiger partial charge in [0.15, 0.2) is 6.61 Å². The van der Waals surface area contributed by atoms with Crippen LogP contribution in [0.5, 0.6) is 11.5 Å². The Morgan fingerprint density at radius 2 is 1.48 bits per heavy atom. The van der Waals surface area contributed by atoms with Crippen molar-refractivity contribution in [2.75, 3.05) is 24.4 Å². The number of benzene rings is 2. The minimum Gasteiger partial charge on any atom is -0.492 e. The fraction of sp³-hybridized carbons (Fsp3) is 0.559. The van der Waals surface area contributed by atoms with Crippen LogP contribution in [0.3, 0.4) is 0 Å². The van der Waals surface area contributed by atoms with Crippen LogP contribution < -0.4 is 14.8 Å². The number of halogens is 2. The summed E-state index contributed by atoms with van der Waals surface area (Å²) in [6.45, 7) is 3.71. The minimum absolute atomic E-state index is 0. The lowest BCUT2D eigenvalue weighted by atomic mass is 10.0. The SMILES string of the molecule is Br.CCCCCCCCCCCCCCCCOc1ccc(OCC(=O)Nc2ccc(CN3C=CSC3)cc2)cc1Cl. The van der Waals surface area contributed by atoms with Gasteiger partial charge in [-0.1, -0.05) is 114 Å². The molecule has 1 aliphatic rings. The fourth-order valence-corrected chi connectivity index (χ4v) is 5.79. The van der Waals surface area contributed by atoms with Crippen molar-refractivity contribution in [1.29, 1.82) is 0 Å². The van der Waals surface area contributed by atoms with Crippen molar-refractivity contribution in [1.82, 2.24) is 4.90 Å². The van der Waals surface area contributed by atoms with Gasteiger partial charge >= 0.3 is 0 Å². The first-order chi connectivity index (χ1) is 20.1. The largest absolute Gasteiger partial charge is 0.492 e. The van der Waals surface area contributed by atoms with E-state index in [1.54, 1.807) is 23.9 Å². The molecule has 0 bridgehead atoms. The molecule has 0 fully saturated rings. The molecule has 0 saturated carbocycles. The number of nitrogens with one attached hydrogen (secondary N) is 1. The van der Waals surface area contributed by atoms with Crippen molar-refractivity contribution in [3.8, 4) is 11.5 Å². The van der Waals surface area contributed by atoms with Crippen LogP contribution in [-0.4, -0.2) is 29.9 Å². The lowest BCUT2D eigenvalue weighted by molar-refractivity contribution is -0.118. The molecule has 5 nitrogen and oxygen atoms in total. The number of thioether (sulfide) groups is 1. The normalized spacial score (nSPS) is 12.3. The lowest BCUT2D eigenvalue weighted by Gasteiger charge is -2.15. The van der Waals surface area contributed by atoms with Gasteiger partial charge < -0.3 is 19.7 Å². The first kappa shape index (κ1) is 36.4. The highest BCUT2D eigenvalue weighted by Gasteiger charge is 2.09. The van der Waals surface area contributed by atoms with Crippen molar-refractivity contribution in [2.24, 2.45) is 0 Å². The Kier molecular flexibility index (Phi) is 19.6. The summed E-state index contributed by atoms with van der Waals surface area (Å²) in [6, 6.07) is 13.2. The second-order valence-corrected chi connectivity index (χ2v) is 12.2. The van der Waals surface area contributed by atoms with Gasteiger partial charge in [-0.3, -0.25) is 4.79 Å². The van der Waals surface area contributed by atoms with Crippen LogP contribution in [0.2, 0.25) is 5.02 Å². The molecule has 1 heterocycles. The molecule has 3 rings (SSSR count). The van der Waals surface area contributed by atoms with Crippen LogP contribution in [0, 0.1) is 0 Å². The number of carbonyl (C=O) groups is 1. The van der Waals surface area contributed by atoms with Crippen LogP contribution in [0.1, 0.15) is 102 Å². The molecule has 0 aromatic heterocycles. The Hall–Kier alpha value is -1.83. The van der Waals surface area contributed by atoms with Crippen LogP contribution in [0.15, 0.2) is 54.1 Å². The number of hydrogen-bond acceptors (Lipinski definition) is 5. The van der Waals surface area contributed by atoms with E-state index in [-0.39, 0.29) is 29.5 Å². The predicted molar refractivity (Wildman–Crippen MR) is 185 cm³/mol. The topological polar surface area (TPSA) is 50.8 Å². The van der Waals surface area contributed by atoms with Crippen molar-refractivity contribution in [2.45, 2.75) is 103 Å². The van der Waals surface area contributed by atoms with E-state index in [9.17, 15) is 4.79 Å². The first-order valence-electron chi connectivity index (χ1n) is 15.6. The van der Waals surface area contributed by atoms with Crippen LogP contribution in [-0.2, 0) is 11.3 Å². The highest BCUT2D eigenvalue weighted by molar-refractivity contribution is 8.93. The summed E-state index contributed by atoms with van der Waals surface area (Å²) in [4.78, 5) is 14.6. The molecule has 0 spiro atoms. The second kappa shape index (κ2) is 22.7. The molecule has 1 N–H and O–H groups in total. The van der Waals surface area contributed by atoms with Crippen molar-refractivity contribution < 1.29 is 14.3 Å². The average Bonchev–Trinajstić information content (AvgIpc) is 3.49. The number of anilines is 1. The Balaban J connectivity index is 0.00000616. The maximum atomic E-state index is 12.4. The van der Waals surface area contributed by atoms with Gasteiger partial charge in [0, 0.05) is 24.5 Å². The third-order valence-corrected chi connectivity index (χ3v) is 8.35. The van der Waals surface area contributed by atoms with Crippen LogP contribution in [0.25, 0.3) is 0 Å². The van der Waals surface area contributed by atoms with Gasteiger partial charge in [0.05, 0.1) is 17.5 Å². The second-order valence-electron chi connectivity index (χ2n) is 10.9. The Morgan fingerprint density at radius 3 is 2.05 bits per heavy atom. The van der Waals surface area contributed by atoms with Gasteiger partial charge in [-0.25, -0.2) is 0 Å². The molecule has 42 heavy (non-hydrogen) atoms. The average molecular weight is 682 g/mol. The third-order valence-electron chi connectivity index (χ3n) is 7.26. The fourth-order valence-electron chi connectivity index (χ4n) is 4.85. The molecule has 1 amide bonds. The number of carbonyl (C=O) groups excluding carboxylic acids is 1. The molecular weight excluding hydrogens is 632 g/mol. The molecular formula is C34H50BrClN2O3S. The highest BCUT2D eigenvalue weighted by Crippen LogP contribution is 2.29. The van der Waals surface area contributed by atoms with Gasteiger partial charge in [-0.05, 0) is 41.7 Å². The zero-order chi connectivity index (χ0) is 29.0. The van der Waals surface area contributed by atoms with Crippen LogP contribution in [0.4, 0.5) is 5.69 Å². The number of rotatable bonds is 22. The monoisotopic (exact) mass is 680 g/mol. The Morgan fingerprint density at radius 1 is 0.857 bits per heavy atom. The molecule has 0 aliphatic carbocycles. The van der Waals surface area contributed by atoms with E-state index in [1.165, 1.54) is 89.0 Å². The molecule has 2 aromatic carbocycles. The molecule has 1 aliphatic heterocycles.